The summed E-state index contributed by atoms with van der Waals surface area (Å²) in [5.74, 6) is 1.12. The monoisotopic (exact) mass is 438 g/mol. The summed E-state index contributed by atoms with van der Waals surface area (Å²) in [7, 11) is 0. The number of aryl methyl sites for hydroxylation is 2. The van der Waals surface area contributed by atoms with Crippen molar-refractivity contribution in [2.24, 2.45) is 0 Å². The quantitative estimate of drug-likeness (QED) is 0.380. The predicted molar refractivity (Wildman–Crippen MR) is 125 cm³/mol. The van der Waals surface area contributed by atoms with Crippen LogP contribution in [-0.2, 0) is 30.6 Å². The zero-order valence-electron chi connectivity index (χ0n) is 17.2. The molecular formula is C23H26N4OS2. The molecule has 1 amide bonds. The zero-order chi connectivity index (χ0) is 20.9. The van der Waals surface area contributed by atoms with Crippen LogP contribution in [0.4, 0.5) is 5.69 Å². The van der Waals surface area contributed by atoms with Crippen molar-refractivity contribution in [1.82, 2.24) is 14.8 Å². The Labute approximate surface area is 185 Å². The Bertz CT molecular complexity index is 1040. The van der Waals surface area contributed by atoms with Gasteiger partial charge in [-0.1, -0.05) is 36.9 Å². The number of nitrogens with zero attached hydrogens (tertiary/aromatic N) is 3. The molecule has 1 aliphatic rings. The number of rotatable bonds is 8. The molecule has 2 aromatic heterocycles. The average Bonchev–Trinajstić information content (AvgIpc) is 3.37. The fraction of sp³-hybridized carbons (Fsp3) is 0.348. The summed E-state index contributed by atoms with van der Waals surface area (Å²) in [4.78, 5) is 13.9. The predicted octanol–water partition coefficient (Wildman–Crippen LogP) is 5.36. The van der Waals surface area contributed by atoms with Crippen molar-refractivity contribution in [2.75, 3.05) is 11.1 Å². The van der Waals surface area contributed by atoms with Crippen molar-refractivity contribution >= 4 is 34.7 Å². The second kappa shape index (κ2) is 9.62. The lowest BCUT2D eigenvalue weighted by molar-refractivity contribution is -0.113. The van der Waals surface area contributed by atoms with Gasteiger partial charge in [-0.2, -0.15) is 0 Å². The van der Waals surface area contributed by atoms with Gasteiger partial charge in [-0.3, -0.25) is 9.36 Å². The Balaban J connectivity index is 1.47. The van der Waals surface area contributed by atoms with E-state index in [9.17, 15) is 4.79 Å². The first-order valence-corrected chi connectivity index (χ1v) is 12.2. The standard InChI is InChI=1S/C23H26N4OS2/c1-3-13-27-22(19-14-29-20-8-6-5-7-18(19)20)25-26-23(27)30-15-21(28)24-17-11-9-16(4-2)10-12-17/h3,9-12,14H,1,4-8,13,15H2,2H3,(H,24,28). The number of amides is 1. The third-order valence-electron chi connectivity index (χ3n) is 5.31. The molecule has 2 heterocycles. The van der Waals surface area contributed by atoms with Crippen LogP contribution in [0.15, 0.2) is 47.5 Å². The lowest BCUT2D eigenvalue weighted by Crippen LogP contribution is -2.14. The van der Waals surface area contributed by atoms with E-state index in [4.69, 9.17) is 0 Å². The summed E-state index contributed by atoms with van der Waals surface area (Å²) in [6.07, 6.45) is 7.61. The number of hydrogen-bond acceptors (Lipinski definition) is 5. The molecule has 30 heavy (non-hydrogen) atoms. The topological polar surface area (TPSA) is 59.8 Å². The van der Waals surface area contributed by atoms with Crippen LogP contribution in [0.1, 0.15) is 35.8 Å². The normalized spacial score (nSPS) is 13.1. The highest BCUT2D eigenvalue weighted by Crippen LogP contribution is 2.36. The van der Waals surface area contributed by atoms with Crippen molar-refractivity contribution in [3.63, 3.8) is 0 Å². The Morgan fingerprint density at radius 2 is 2.07 bits per heavy atom. The fourth-order valence-electron chi connectivity index (χ4n) is 3.72. The number of anilines is 1. The number of aromatic nitrogens is 3. The molecule has 4 rings (SSSR count). The maximum atomic E-state index is 12.4. The fourth-order valence-corrected chi connectivity index (χ4v) is 5.59. The molecule has 1 aromatic carbocycles. The first kappa shape index (κ1) is 20.9. The molecule has 0 aliphatic heterocycles. The van der Waals surface area contributed by atoms with Gasteiger partial charge in [0.25, 0.3) is 0 Å². The Morgan fingerprint density at radius 1 is 1.27 bits per heavy atom. The highest BCUT2D eigenvalue weighted by atomic mass is 32.2. The molecule has 0 atom stereocenters. The van der Waals surface area contributed by atoms with Gasteiger partial charge < -0.3 is 5.32 Å². The number of allylic oxidation sites excluding steroid dienone is 1. The van der Waals surface area contributed by atoms with E-state index < -0.39 is 0 Å². The molecular weight excluding hydrogens is 412 g/mol. The van der Waals surface area contributed by atoms with Gasteiger partial charge in [0.05, 0.1) is 5.75 Å². The summed E-state index contributed by atoms with van der Waals surface area (Å²) in [5, 5.41) is 14.8. The molecule has 0 radical (unpaired) electrons. The molecule has 3 aromatic rings. The molecule has 0 bridgehead atoms. The first-order chi connectivity index (χ1) is 14.7. The van der Waals surface area contributed by atoms with Crippen molar-refractivity contribution in [3.05, 3.63) is 58.3 Å². The van der Waals surface area contributed by atoms with Gasteiger partial charge in [0.15, 0.2) is 11.0 Å². The van der Waals surface area contributed by atoms with Crippen LogP contribution < -0.4 is 5.32 Å². The lowest BCUT2D eigenvalue weighted by atomic mass is 9.95. The van der Waals surface area contributed by atoms with E-state index >= 15 is 0 Å². The van der Waals surface area contributed by atoms with Crippen LogP contribution in [0, 0.1) is 0 Å². The number of nitrogens with one attached hydrogen (secondary N) is 1. The molecule has 0 spiro atoms. The lowest BCUT2D eigenvalue weighted by Gasteiger charge is -2.13. The van der Waals surface area contributed by atoms with Crippen molar-refractivity contribution in [2.45, 2.75) is 50.7 Å². The number of benzene rings is 1. The molecule has 1 aliphatic carbocycles. The number of thiophene rings is 1. The van der Waals surface area contributed by atoms with Crippen LogP contribution in [0.3, 0.4) is 0 Å². The van der Waals surface area contributed by atoms with Crippen molar-refractivity contribution < 1.29 is 4.79 Å². The highest BCUT2D eigenvalue weighted by molar-refractivity contribution is 7.99. The summed E-state index contributed by atoms with van der Waals surface area (Å²) < 4.78 is 2.07. The van der Waals surface area contributed by atoms with Gasteiger partial charge in [-0.15, -0.1) is 28.1 Å². The minimum absolute atomic E-state index is 0.0492. The van der Waals surface area contributed by atoms with E-state index in [1.54, 1.807) is 0 Å². The Morgan fingerprint density at radius 3 is 2.83 bits per heavy atom. The number of fused-ring (bicyclic) bond motifs is 1. The van der Waals surface area contributed by atoms with Gasteiger partial charge in [0.1, 0.15) is 0 Å². The number of carbonyl (C=O) groups excluding carboxylic acids is 1. The minimum atomic E-state index is -0.0492. The number of thioether (sulfide) groups is 1. The molecule has 7 heteroatoms. The van der Waals surface area contributed by atoms with E-state index in [-0.39, 0.29) is 11.7 Å². The number of hydrogen-bond donors (Lipinski definition) is 1. The third kappa shape index (κ3) is 4.52. The van der Waals surface area contributed by atoms with Gasteiger partial charge in [0, 0.05) is 28.1 Å². The molecule has 0 saturated carbocycles. The maximum absolute atomic E-state index is 12.4. The Kier molecular flexibility index (Phi) is 6.69. The van der Waals surface area contributed by atoms with E-state index in [0.717, 1.165) is 35.9 Å². The summed E-state index contributed by atoms with van der Waals surface area (Å²) in [6, 6.07) is 7.97. The van der Waals surface area contributed by atoms with Crippen LogP contribution in [0.2, 0.25) is 0 Å². The largest absolute Gasteiger partial charge is 0.325 e. The minimum Gasteiger partial charge on any atom is -0.325 e. The average molecular weight is 439 g/mol. The molecule has 0 fully saturated rings. The van der Waals surface area contributed by atoms with Crippen LogP contribution in [0.25, 0.3) is 11.4 Å². The summed E-state index contributed by atoms with van der Waals surface area (Å²) in [5.41, 5.74) is 4.68. The molecule has 156 valence electrons. The van der Waals surface area contributed by atoms with Crippen molar-refractivity contribution in [3.8, 4) is 11.4 Å². The molecule has 0 saturated heterocycles. The second-order valence-electron chi connectivity index (χ2n) is 7.35. The molecule has 5 nitrogen and oxygen atoms in total. The van der Waals surface area contributed by atoms with Gasteiger partial charge in [0.2, 0.25) is 5.91 Å². The first-order valence-electron chi connectivity index (χ1n) is 10.3. The van der Waals surface area contributed by atoms with Crippen LogP contribution in [-0.4, -0.2) is 26.4 Å². The van der Waals surface area contributed by atoms with Crippen molar-refractivity contribution in [1.29, 1.82) is 0 Å². The maximum Gasteiger partial charge on any atom is 0.234 e. The summed E-state index contributed by atoms with van der Waals surface area (Å²) >= 11 is 3.24. The van der Waals surface area contributed by atoms with Gasteiger partial charge in [-0.25, -0.2) is 0 Å². The zero-order valence-corrected chi connectivity index (χ0v) is 18.8. The van der Waals surface area contributed by atoms with E-state index in [1.807, 2.05) is 41.7 Å². The van der Waals surface area contributed by atoms with E-state index in [0.29, 0.717) is 6.54 Å². The van der Waals surface area contributed by atoms with Crippen LogP contribution in [0.5, 0.6) is 0 Å². The molecule has 0 unspecified atom stereocenters. The second-order valence-corrected chi connectivity index (χ2v) is 9.26. The number of carbonyl (C=O) groups is 1. The summed E-state index contributed by atoms with van der Waals surface area (Å²) in [6.45, 7) is 6.62. The van der Waals surface area contributed by atoms with Gasteiger partial charge >= 0.3 is 0 Å². The SMILES string of the molecule is C=CCn1c(SCC(=O)Nc2ccc(CC)cc2)nnc1-c1csc2c1CCCC2. The third-order valence-corrected chi connectivity index (χ3v) is 7.36. The van der Waals surface area contributed by atoms with E-state index in [2.05, 4.69) is 39.0 Å². The highest BCUT2D eigenvalue weighted by Gasteiger charge is 2.22. The van der Waals surface area contributed by atoms with Gasteiger partial charge in [-0.05, 0) is 55.4 Å². The Hall–Kier alpha value is -2.38. The van der Waals surface area contributed by atoms with Crippen LogP contribution >= 0.6 is 23.1 Å². The smallest absolute Gasteiger partial charge is 0.234 e. The van der Waals surface area contributed by atoms with E-state index in [1.165, 1.54) is 46.2 Å². The molecule has 1 N–H and O–H groups in total.